The molecule has 1 aromatic carbocycles. The third-order valence-corrected chi connectivity index (χ3v) is 2.12. The SMILES string of the molecule is CCCC(N)(N)C(=O)c1ccccc1. The molecule has 76 valence electrons. The average molecular weight is 192 g/mol. The van der Waals surface area contributed by atoms with Crippen LogP contribution in [0.1, 0.15) is 30.1 Å². The van der Waals surface area contributed by atoms with Crippen LogP contribution in [0.3, 0.4) is 0 Å². The van der Waals surface area contributed by atoms with Gasteiger partial charge in [-0.3, -0.25) is 4.79 Å². The Morgan fingerprint density at radius 1 is 1.29 bits per heavy atom. The molecule has 0 aliphatic rings. The molecular weight excluding hydrogens is 176 g/mol. The molecule has 0 aliphatic carbocycles. The normalized spacial score (nSPS) is 11.4. The predicted octanol–water partition coefficient (Wildman–Crippen LogP) is 1.28. The van der Waals surface area contributed by atoms with E-state index in [9.17, 15) is 4.79 Å². The Hall–Kier alpha value is -1.19. The fourth-order valence-electron chi connectivity index (χ4n) is 1.39. The number of Topliss-reactive ketones (excluding diaryl/α,β-unsaturated/α-hetero) is 1. The highest BCUT2D eigenvalue weighted by atomic mass is 16.1. The molecule has 0 saturated heterocycles. The van der Waals surface area contributed by atoms with E-state index in [4.69, 9.17) is 11.5 Å². The van der Waals surface area contributed by atoms with Crippen LogP contribution in [-0.2, 0) is 0 Å². The first-order chi connectivity index (χ1) is 6.58. The van der Waals surface area contributed by atoms with Gasteiger partial charge in [0.05, 0.1) is 0 Å². The van der Waals surface area contributed by atoms with E-state index in [-0.39, 0.29) is 5.78 Å². The monoisotopic (exact) mass is 192 g/mol. The smallest absolute Gasteiger partial charge is 0.196 e. The number of carbonyl (C=O) groups excluding carboxylic acids is 1. The zero-order valence-corrected chi connectivity index (χ0v) is 8.36. The van der Waals surface area contributed by atoms with Crippen molar-refractivity contribution in [3.05, 3.63) is 35.9 Å². The fourth-order valence-corrected chi connectivity index (χ4v) is 1.39. The van der Waals surface area contributed by atoms with Gasteiger partial charge in [0.2, 0.25) is 0 Å². The Kier molecular flexibility index (Phi) is 3.38. The van der Waals surface area contributed by atoms with Crippen molar-refractivity contribution in [3.8, 4) is 0 Å². The van der Waals surface area contributed by atoms with Gasteiger partial charge in [-0.2, -0.15) is 0 Å². The quantitative estimate of drug-likeness (QED) is 0.557. The molecule has 0 saturated carbocycles. The minimum absolute atomic E-state index is 0.194. The highest BCUT2D eigenvalue weighted by Crippen LogP contribution is 2.11. The van der Waals surface area contributed by atoms with Gasteiger partial charge in [-0.05, 0) is 6.42 Å². The fraction of sp³-hybridized carbons (Fsp3) is 0.364. The largest absolute Gasteiger partial charge is 0.307 e. The van der Waals surface area contributed by atoms with Gasteiger partial charge in [0, 0.05) is 5.56 Å². The van der Waals surface area contributed by atoms with Crippen LogP contribution in [0.4, 0.5) is 0 Å². The Morgan fingerprint density at radius 3 is 2.36 bits per heavy atom. The van der Waals surface area contributed by atoms with Gasteiger partial charge in [0.1, 0.15) is 5.66 Å². The highest BCUT2D eigenvalue weighted by Gasteiger charge is 2.28. The van der Waals surface area contributed by atoms with E-state index in [0.29, 0.717) is 12.0 Å². The van der Waals surface area contributed by atoms with Gasteiger partial charge in [0.15, 0.2) is 5.78 Å². The maximum atomic E-state index is 11.8. The Morgan fingerprint density at radius 2 is 1.86 bits per heavy atom. The first-order valence-electron chi connectivity index (χ1n) is 4.75. The van der Waals surface area contributed by atoms with E-state index >= 15 is 0 Å². The van der Waals surface area contributed by atoms with Gasteiger partial charge in [-0.1, -0.05) is 43.7 Å². The molecular formula is C11H16N2O. The van der Waals surface area contributed by atoms with Gasteiger partial charge in [-0.15, -0.1) is 0 Å². The standard InChI is InChI=1S/C11H16N2O/c1-2-8-11(12,13)10(14)9-6-4-3-5-7-9/h3-7H,2,8,12-13H2,1H3. The number of hydrogen-bond acceptors (Lipinski definition) is 3. The van der Waals surface area contributed by atoms with Crippen LogP contribution in [0.2, 0.25) is 0 Å². The van der Waals surface area contributed by atoms with Crippen molar-refractivity contribution in [3.63, 3.8) is 0 Å². The molecule has 3 heteroatoms. The van der Waals surface area contributed by atoms with Crippen LogP contribution < -0.4 is 11.5 Å². The van der Waals surface area contributed by atoms with E-state index in [1.54, 1.807) is 24.3 Å². The summed E-state index contributed by atoms with van der Waals surface area (Å²) in [5, 5.41) is 0. The third-order valence-electron chi connectivity index (χ3n) is 2.12. The number of rotatable bonds is 4. The second-order valence-electron chi connectivity index (χ2n) is 3.49. The Balaban J connectivity index is 2.85. The highest BCUT2D eigenvalue weighted by molar-refractivity contribution is 6.02. The van der Waals surface area contributed by atoms with E-state index in [0.717, 1.165) is 6.42 Å². The lowest BCUT2D eigenvalue weighted by molar-refractivity contribution is 0.0883. The van der Waals surface area contributed by atoms with Crippen LogP contribution in [0.25, 0.3) is 0 Å². The molecule has 0 aliphatic heterocycles. The molecule has 0 bridgehead atoms. The van der Waals surface area contributed by atoms with E-state index < -0.39 is 5.66 Å². The maximum absolute atomic E-state index is 11.8. The summed E-state index contributed by atoms with van der Waals surface area (Å²) < 4.78 is 0. The van der Waals surface area contributed by atoms with Crippen molar-refractivity contribution < 1.29 is 4.79 Å². The second-order valence-corrected chi connectivity index (χ2v) is 3.49. The molecule has 1 rings (SSSR count). The van der Waals surface area contributed by atoms with E-state index in [1.165, 1.54) is 0 Å². The molecule has 0 spiro atoms. The number of carbonyl (C=O) groups is 1. The summed E-state index contributed by atoms with van der Waals surface area (Å²) in [6.07, 6.45) is 1.30. The minimum Gasteiger partial charge on any atom is -0.307 e. The van der Waals surface area contributed by atoms with Crippen molar-refractivity contribution in [1.82, 2.24) is 0 Å². The summed E-state index contributed by atoms with van der Waals surface area (Å²) >= 11 is 0. The van der Waals surface area contributed by atoms with Crippen LogP contribution in [0.5, 0.6) is 0 Å². The summed E-state index contributed by atoms with van der Waals surface area (Å²) in [6.45, 7) is 1.95. The van der Waals surface area contributed by atoms with Crippen LogP contribution in [-0.4, -0.2) is 11.4 Å². The van der Waals surface area contributed by atoms with Crippen LogP contribution in [0, 0.1) is 0 Å². The summed E-state index contributed by atoms with van der Waals surface area (Å²) in [5.41, 5.74) is 10.8. The molecule has 0 fully saturated rings. The number of ketones is 1. The summed E-state index contributed by atoms with van der Waals surface area (Å²) in [6, 6.07) is 8.91. The lowest BCUT2D eigenvalue weighted by atomic mass is 9.95. The van der Waals surface area contributed by atoms with Crippen molar-refractivity contribution in [1.29, 1.82) is 0 Å². The van der Waals surface area contributed by atoms with Crippen molar-refractivity contribution in [2.24, 2.45) is 11.5 Å². The van der Waals surface area contributed by atoms with E-state index in [1.807, 2.05) is 13.0 Å². The maximum Gasteiger partial charge on any atom is 0.196 e. The lowest BCUT2D eigenvalue weighted by Crippen LogP contribution is -2.56. The van der Waals surface area contributed by atoms with Crippen molar-refractivity contribution >= 4 is 5.78 Å². The topological polar surface area (TPSA) is 69.1 Å². The molecule has 0 heterocycles. The zero-order valence-electron chi connectivity index (χ0n) is 8.36. The van der Waals surface area contributed by atoms with Crippen molar-refractivity contribution in [2.75, 3.05) is 0 Å². The summed E-state index contributed by atoms with van der Waals surface area (Å²) in [4.78, 5) is 11.8. The molecule has 0 radical (unpaired) electrons. The molecule has 0 amide bonds. The molecule has 4 N–H and O–H groups in total. The minimum atomic E-state index is -1.23. The molecule has 0 unspecified atom stereocenters. The number of benzene rings is 1. The van der Waals surface area contributed by atoms with Crippen LogP contribution >= 0.6 is 0 Å². The first kappa shape index (κ1) is 10.9. The second kappa shape index (κ2) is 4.35. The van der Waals surface area contributed by atoms with Crippen LogP contribution in [0.15, 0.2) is 30.3 Å². The Labute approximate surface area is 84.1 Å². The van der Waals surface area contributed by atoms with Gasteiger partial charge >= 0.3 is 0 Å². The van der Waals surface area contributed by atoms with Gasteiger partial charge in [0.25, 0.3) is 0 Å². The zero-order chi connectivity index (χ0) is 10.6. The predicted molar refractivity (Wildman–Crippen MR) is 56.8 cm³/mol. The average Bonchev–Trinajstić information content (AvgIpc) is 2.18. The molecule has 0 atom stereocenters. The number of hydrogen-bond donors (Lipinski definition) is 2. The summed E-state index contributed by atoms with van der Waals surface area (Å²) in [5.74, 6) is -0.194. The first-order valence-corrected chi connectivity index (χ1v) is 4.75. The number of nitrogens with two attached hydrogens (primary N) is 2. The third kappa shape index (κ3) is 2.40. The molecule has 0 aromatic heterocycles. The lowest BCUT2D eigenvalue weighted by Gasteiger charge is -2.22. The Bertz CT molecular complexity index is 306. The van der Waals surface area contributed by atoms with E-state index in [2.05, 4.69) is 0 Å². The van der Waals surface area contributed by atoms with Gasteiger partial charge < -0.3 is 11.5 Å². The summed E-state index contributed by atoms with van der Waals surface area (Å²) in [7, 11) is 0. The van der Waals surface area contributed by atoms with Crippen molar-refractivity contribution in [2.45, 2.75) is 25.4 Å². The molecule has 14 heavy (non-hydrogen) atoms. The van der Waals surface area contributed by atoms with Gasteiger partial charge in [-0.25, -0.2) is 0 Å². The molecule has 1 aromatic rings. The molecule has 3 nitrogen and oxygen atoms in total.